The molecule has 0 saturated carbocycles. The molecule has 0 spiro atoms. The third-order valence-corrected chi connectivity index (χ3v) is 3.87. The number of hydrogen-bond donors (Lipinski definition) is 1. The third kappa shape index (κ3) is 4.39. The van der Waals surface area contributed by atoms with Gasteiger partial charge in [0.25, 0.3) is 0 Å². The monoisotopic (exact) mass is 279 g/mol. The van der Waals surface area contributed by atoms with Crippen molar-refractivity contribution < 1.29 is 14.6 Å². The molecule has 1 saturated heterocycles. The summed E-state index contributed by atoms with van der Waals surface area (Å²) >= 11 is 0. The highest BCUT2D eigenvalue weighted by Crippen LogP contribution is 2.20. The Labute approximate surface area is 121 Å². The van der Waals surface area contributed by atoms with E-state index in [9.17, 15) is 5.11 Å². The minimum atomic E-state index is -0.457. The van der Waals surface area contributed by atoms with Crippen LogP contribution >= 0.6 is 0 Å². The Morgan fingerprint density at radius 3 is 2.90 bits per heavy atom. The normalized spacial score (nSPS) is 21.4. The first-order valence-corrected chi connectivity index (χ1v) is 7.38. The van der Waals surface area contributed by atoms with Crippen molar-refractivity contribution in [3.05, 3.63) is 24.3 Å². The smallest absolute Gasteiger partial charge is 0.123 e. The molecule has 4 nitrogen and oxygen atoms in total. The summed E-state index contributed by atoms with van der Waals surface area (Å²) in [6, 6.07) is 8.02. The van der Waals surface area contributed by atoms with Crippen LogP contribution in [0, 0.1) is 0 Å². The van der Waals surface area contributed by atoms with Crippen molar-refractivity contribution in [3.63, 3.8) is 0 Å². The summed E-state index contributed by atoms with van der Waals surface area (Å²) in [6.07, 6.45) is 3.30. The van der Waals surface area contributed by atoms with Crippen molar-refractivity contribution in [2.75, 3.05) is 26.8 Å². The topological polar surface area (TPSA) is 41.9 Å². The molecule has 1 aliphatic heterocycles. The lowest BCUT2D eigenvalue weighted by atomic mass is 10.0. The van der Waals surface area contributed by atoms with E-state index < -0.39 is 6.10 Å². The van der Waals surface area contributed by atoms with Crippen molar-refractivity contribution in [2.45, 2.75) is 38.3 Å². The first-order chi connectivity index (χ1) is 9.69. The molecule has 1 aromatic carbocycles. The SMILES string of the molecule is COc1cccc(OC[C@H](O)CN2CCCC[C@@H]2C)c1. The fourth-order valence-corrected chi connectivity index (χ4v) is 2.64. The number of likely N-dealkylation sites (tertiary alicyclic amines) is 1. The predicted molar refractivity (Wildman–Crippen MR) is 79.4 cm³/mol. The lowest BCUT2D eigenvalue weighted by Gasteiger charge is -2.34. The molecule has 1 fully saturated rings. The van der Waals surface area contributed by atoms with Gasteiger partial charge in [0, 0.05) is 18.7 Å². The highest BCUT2D eigenvalue weighted by molar-refractivity contribution is 5.32. The van der Waals surface area contributed by atoms with Gasteiger partial charge in [0.2, 0.25) is 0 Å². The molecule has 1 heterocycles. The van der Waals surface area contributed by atoms with E-state index in [-0.39, 0.29) is 0 Å². The van der Waals surface area contributed by atoms with Crippen LogP contribution < -0.4 is 9.47 Å². The predicted octanol–water partition coefficient (Wildman–Crippen LogP) is 2.31. The molecule has 0 aromatic heterocycles. The average molecular weight is 279 g/mol. The number of ether oxygens (including phenoxy) is 2. The van der Waals surface area contributed by atoms with E-state index in [1.807, 2.05) is 24.3 Å². The van der Waals surface area contributed by atoms with Crippen LogP contribution in [0.3, 0.4) is 0 Å². The summed E-state index contributed by atoms with van der Waals surface area (Å²) in [7, 11) is 1.63. The van der Waals surface area contributed by atoms with Gasteiger partial charge in [0.15, 0.2) is 0 Å². The fourth-order valence-electron chi connectivity index (χ4n) is 2.64. The number of β-amino-alcohol motifs (C(OH)–C–C–N with tert-alkyl or cyclic N) is 1. The Balaban J connectivity index is 1.77. The molecule has 2 atom stereocenters. The molecule has 4 heteroatoms. The average Bonchev–Trinajstić information content (AvgIpc) is 2.48. The van der Waals surface area contributed by atoms with Gasteiger partial charge in [-0.05, 0) is 38.4 Å². The lowest BCUT2D eigenvalue weighted by Crippen LogP contribution is -2.43. The van der Waals surface area contributed by atoms with Crippen LogP contribution in [0.4, 0.5) is 0 Å². The van der Waals surface area contributed by atoms with Crippen LogP contribution in [-0.2, 0) is 0 Å². The van der Waals surface area contributed by atoms with Crippen LogP contribution in [0.25, 0.3) is 0 Å². The minimum absolute atomic E-state index is 0.316. The number of benzene rings is 1. The second-order valence-corrected chi connectivity index (χ2v) is 5.48. The summed E-state index contributed by atoms with van der Waals surface area (Å²) in [5, 5.41) is 10.1. The molecule has 2 rings (SSSR count). The molecular weight excluding hydrogens is 254 g/mol. The summed E-state index contributed by atoms with van der Waals surface area (Å²) in [5.74, 6) is 1.50. The molecule has 0 radical (unpaired) electrons. The highest BCUT2D eigenvalue weighted by atomic mass is 16.5. The summed E-state index contributed by atoms with van der Waals surface area (Å²) in [4.78, 5) is 2.35. The largest absolute Gasteiger partial charge is 0.497 e. The number of aliphatic hydroxyl groups is 1. The molecule has 0 bridgehead atoms. The van der Waals surface area contributed by atoms with Gasteiger partial charge in [-0.2, -0.15) is 0 Å². The maximum Gasteiger partial charge on any atom is 0.123 e. The zero-order valence-corrected chi connectivity index (χ0v) is 12.4. The van der Waals surface area contributed by atoms with Gasteiger partial charge in [-0.25, -0.2) is 0 Å². The minimum Gasteiger partial charge on any atom is -0.497 e. The maximum atomic E-state index is 10.1. The van der Waals surface area contributed by atoms with Gasteiger partial charge in [0.1, 0.15) is 24.2 Å². The zero-order chi connectivity index (χ0) is 14.4. The van der Waals surface area contributed by atoms with E-state index in [1.54, 1.807) is 7.11 Å². The van der Waals surface area contributed by atoms with Crippen LogP contribution in [0.5, 0.6) is 11.5 Å². The summed E-state index contributed by atoms with van der Waals surface area (Å²) < 4.78 is 10.8. The number of methoxy groups -OCH3 is 1. The van der Waals surface area contributed by atoms with E-state index in [0.29, 0.717) is 19.2 Å². The van der Waals surface area contributed by atoms with E-state index in [1.165, 1.54) is 19.3 Å². The molecule has 1 aromatic rings. The van der Waals surface area contributed by atoms with E-state index >= 15 is 0 Å². The number of hydrogen-bond acceptors (Lipinski definition) is 4. The molecule has 1 N–H and O–H groups in total. The van der Waals surface area contributed by atoms with Gasteiger partial charge in [-0.3, -0.25) is 4.90 Å². The number of rotatable bonds is 6. The summed E-state index contributed by atoms with van der Waals surface area (Å²) in [6.45, 7) is 4.31. The first kappa shape index (κ1) is 15.1. The highest BCUT2D eigenvalue weighted by Gasteiger charge is 2.20. The maximum absolute atomic E-state index is 10.1. The van der Waals surface area contributed by atoms with Crippen molar-refractivity contribution >= 4 is 0 Å². The van der Waals surface area contributed by atoms with Crippen LogP contribution in [0.1, 0.15) is 26.2 Å². The third-order valence-electron chi connectivity index (χ3n) is 3.87. The number of aliphatic hydroxyl groups excluding tert-OH is 1. The van der Waals surface area contributed by atoms with Crippen molar-refractivity contribution in [2.24, 2.45) is 0 Å². The van der Waals surface area contributed by atoms with Gasteiger partial charge in [0.05, 0.1) is 7.11 Å². The van der Waals surface area contributed by atoms with E-state index in [4.69, 9.17) is 9.47 Å². The fraction of sp³-hybridized carbons (Fsp3) is 0.625. The van der Waals surface area contributed by atoms with Crippen molar-refractivity contribution in [1.29, 1.82) is 0 Å². The van der Waals surface area contributed by atoms with Gasteiger partial charge < -0.3 is 14.6 Å². The van der Waals surface area contributed by atoms with Crippen molar-refractivity contribution in [1.82, 2.24) is 4.90 Å². The Morgan fingerprint density at radius 2 is 2.15 bits per heavy atom. The standard InChI is InChI=1S/C16H25NO3/c1-13-6-3-4-9-17(13)11-14(18)12-20-16-8-5-7-15(10-16)19-2/h5,7-8,10,13-14,18H,3-4,6,9,11-12H2,1-2H3/t13-,14+/m0/s1. The molecule has 0 aliphatic carbocycles. The van der Waals surface area contributed by atoms with Crippen LogP contribution in [0.2, 0.25) is 0 Å². The Hall–Kier alpha value is -1.26. The molecular formula is C16H25NO3. The molecule has 112 valence electrons. The van der Waals surface area contributed by atoms with Crippen LogP contribution in [-0.4, -0.2) is 49.0 Å². The van der Waals surface area contributed by atoms with Crippen molar-refractivity contribution in [3.8, 4) is 11.5 Å². The second kappa shape index (κ2) is 7.50. The Bertz CT molecular complexity index is 410. The summed E-state index contributed by atoms with van der Waals surface area (Å²) in [5.41, 5.74) is 0. The molecule has 0 amide bonds. The Kier molecular flexibility index (Phi) is 5.68. The number of piperidine rings is 1. The Morgan fingerprint density at radius 1 is 1.35 bits per heavy atom. The molecule has 0 unspecified atom stereocenters. The second-order valence-electron chi connectivity index (χ2n) is 5.48. The number of nitrogens with zero attached hydrogens (tertiary/aromatic N) is 1. The quantitative estimate of drug-likeness (QED) is 0.867. The van der Waals surface area contributed by atoms with E-state index in [0.717, 1.165) is 18.0 Å². The molecule has 20 heavy (non-hydrogen) atoms. The van der Waals surface area contributed by atoms with Crippen LogP contribution in [0.15, 0.2) is 24.3 Å². The lowest BCUT2D eigenvalue weighted by molar-refractivity contribution is 0.0437. The van der Waals surface area contributed by atoms with Gasteiger partial charge in [-0.1, -0.05) is 12.5 Å². The van der Waals surface area contributed by atoms with Gasteiger partial charge >= 0.3 is 0 Å². The first-order valence-electron chi connectivity index (χ1n) is 7.38. The van der Waals surface area contributed by atoms with E-state index in [2.05, 4.69) is 11.8 Å². The van der Waals surface area contributed by atoms with Gasteiger partial charge in [-0.15, -0.1) is 0 Å². The molecule has 1 aliphatic rings. The zero-order valence-electron chi connectivity index (χ0n) is 12.4.